The van der Waals surface area contributed by atoms with Gasteiger partial charge >= 0.3 is 0 Å². The van der Waals surface area contributed by atoms with Crippen molar-refractivity contribution in [3.8, 4) is 34.2 Å². The molecule has 8 nitrogen and oxygen atoms in total. The number of rotatable bonds is 6. The third-order valence-corrected chi connectivity index (χ3v) is 4.44. The Morgan fingerprint density at radius 3 is 2.66 bits per heavy atom. The number of hydrogen-bond donors (Lipinski definition) is 1. The Kier molecular flexibility index (Phi) is 5.93. The van der Waals surface area contributed by atoms with E-state index >= 15 is 0 Å². The normalized spacial score (nSPS) is 10.4. The average molecular weight is 411 g/mol. The van der Waals surface area contributed by atoms with E-state index in [9.17, 15) is 15.4 Å². The number of hydrogen-bond acceptors (Lipinski definition) is 7. The summed E-state index contributed by atoms with van der Waals surface area (Å²) in [5.41, 5.74) is 7.63. The fraction of sp³-hybridized carbons (Fsp3) is 0.100. The zero-order valence-corrected chi connectivity index (χ0v) is 16.0. The molecule has 0 unspecified atom stereocenters. The van der Waals surface area contributed by atoms with Crippen molar-refractivity contribution in [2.75, 3.05) is 19.6 Å². The molecule has 146 valence electrons. The summed E-state index contributed by atoms with van der Waals surface area (Å²) < 4.78 is 10.5. The zero-order chi connectivity index (χ0) is 21.0. The zero-order valence-electron chi connectivity index (χ0n) is 15.3. The quantitative estimate of drug-likeness (QED) is 0.362. The molecule has 0 spiro atoms. The summed E-state index contributed by atoms with van der Waals surface area (Å²) in [5.74, 6) is 0.478. The maximum Gasteiger partial charge on any atom is 0.270 e. The molecule has 9 heteroatoms. The first-order valence-electron chi connectivity index (χ1n) is 8.32. The minimum atomic E-state index is -0.536. The van der Waals surface area contributed by atoms with E-state index in [1.54, 1.807) is 30.3 Å². The molecule has 0 fully saturated rings. The second-order valence-corrected chi connectivity index (χ2v) is 6.30. The molecule has 0 radical (unpaired) electrons. The van der Waals surface area contributed by atoms with Crippen LogP contribution in [0, 0.1) is 21.4 Å². The number of nitrogens with two attached hydrogens (primary N) is 1. The standard InChI is InChI=1S/C20H15ClN4O4/c1-28-11-29-19-5-3-2-4-13(19)18-9-14(16(10-22)20(23)24-18)15-8-12(25(26)27)6-7-17(15)21/h2-9H,11H2,1H3,(H2,23,24). The number of nitro benzene ring substituents is 1. The molecule has 3 aromatic rings. The van der Waals surface area contributed by atoms with Gasteiger partial charge in [-0.15, -0.1) is 0 Å². The van der Waals surface area contributed by atoms with Gasteiger partial charge in [0.25, 0.3) is 5.69 Å². The fourth-order valence-electron chi connectivity index (χ4n) is 2.79. The van der Waals surface area contributed by atoms with Gasteiger partial charge in [-0.1, -0.05) is 23.7 Å². The van der Waals surface area contributed by atoms with Crippen LogP contribution in [0.3, 0.4) is 0 Å². The molecule has 3 rings (SSSR count). The molecule has 0 aliphatic carbocycles. The Labute approximate surface area is 171 Å². The van der Waals surface area contributed by atoms with Gasteiger partial charge in [-0.05, 0) is 24.3 Å². The van der Waals surface area contributed by atoms with Gasteiger partial charge < -0.3 is 15.2 Å². The molecule has 2 aromatic carbocycles. The molecule has 0 saturated heterocycles. The van der Waals surface area contributed by atoms with Crippen molar-refractivity contribution in [3.63, 3.8) is 0 Å². The lowest BCUT2D eigenvalue weighted by molar-refractivity contribution is -0.384. The van der Waals surface area contributed by atoms with Crippen LogP contribution in [0.2, 0.25) is 5.02 Å². The SMILES string of the molecule is COCOc1ccccc1-c1cc(-c2cc([N+](=O)[O-])ccc2Cl)c(C#N)c(N)n1. The first-order chi connectivity index (χ1) is 14.0. The third kappa shape index (κ3) is 4.11. The third-order valence-electron chi connectivity index (χ3n) is 4.11. The second-order valence-electron chi connectivity index (χ2n) is 5.90. The number of nitro groups is 1. The first kappa shape index (κ1) is 20.1. The highest BCUT2D eigenvalue weighted by Gasteiger charge is 2.19. The van der Waals surface area contributed by atoms with Crippen LogP contribution < -0.4 is 10.5 Å². The van der Waals surface area contributed by atoms with Crippen LogP contribution >= 0.6 is 11.6 Å². The van der Waals surface area contributed by atoms with Crippen LogP contribution in [0.4, 0.5) is 11.5 Å². The summed E-state index contributed by atoms with van der Waals surface area (Å²) in [6.07, 6.45) is 0. The minimum absolute atomic E-state index is 0.0240. The number of nitrogen functional groups attached to an aromatic ring is 1. The van der Waals surface area contributed by atoms with Crippen LogP contribution in [0.1, 0.15) is 5.56 Å². The van der Waals surface area contributed by atoms with E-state index in [0.717, 1.165) is 0 Å². The van der Waals surface area contributed by atoms with Crippen molar-refractivity contribution in [2.45, 2.75) is 0 Å². The molecule has 29 heavy (non-hydrogen) atoms. The highest BCUT2D eigenvalue weighted by molar-refractivity contribution is 6.33. The van der Waals surface area contributed by atoms with Crippen LogP contribution in [-0.2, 0) is 4.74 Å². The first-order valence-corrected chi connectivity index (χ1v) is 8.70. The number of nitrogens with zero attached hydrogens (tertiary/aromatic N) is 3. The van der Waals surface area contributed by atoms with Crippen molar-refractivity contribution in [1.29, 1.82) is 5.26 Å². The van der Waals surface area contributed by atoms with Gasteiger partial charge in [0, 0.05) is 41.0 Å². The molecule has 0 aliphatic rings. The molecular formula is C20H15ClN4O4. The summed E-state index contributed by atoms with van der Waals surface area (Å²) >= 11 is 6.28. The number of halogens is 1. The van der Waals surface area contributed by atoms with Gasteiger partial charge in [-0.3, -0.25) is 10.1 Å². The highest BCUT2D eigenvalue weighted by Crippen LogP contribution is 2.38. The number of pyridine rings is 1. The Balaban J connectivity index is 2.24. The Morgan fingerprint density at radius 1 is 1.21 bits per heavy atom. The number of non-ortho nitro benzene ring substituents is 1. The van der Waals surface area contributed by atoms with E-state index in [1.165, 1.54) is 25.3 Å². The van der Waals surface area contributed by atoms with E-state index in [4.69, 9.17) is 26.8 Å². The van der Waals surface area contributed by atoms with Crippen LogP contribution in [0.5, 0.6) is 5.75 Å². The van der Waals surface area contributed by atoms with E-state index in [-0.39, 0.29) is 28.9 Å². The van der Waals surface area contributed by atoms with Crippen LogP contribution in [0.15, 0.2) is 48.5 Å². The van der Waals surface area contributed by atoms with Crippen molar-refractivity contribution >= 4 is 23.1 Å². The van der Waals surface area contributed by atoms with Gasteiger partial charge in [0.05, 0.1) is 10.6 Å². The second kappa shape index (κ2) is 8.56. The summed E-state index contributed by atoms with van der Waals surface area (Å²) in [7, 11) is 1.50. The molecule has 0 aliphatic heterocycles. The molecule has 0 saturated carbocycles. The van der Waals surface area contributed by atoms with Crippen molar-refractivity contribution in [2.24, 2.45) is 0 Å². The van der Waals surface area contributed by atoms with Crippen molar-refractivity contribution in [3.05, 3.63) is 69.2 Å². The largest absolute Gasteiger partial charge is 0.467 e. The Hall–Kier alpha value is -3.67. The monoisotopic (exact) mass is 410 g/mol. The number of aromatic nitrogens is 1. The Bertz CT molecular complexity index is 1130. The van der Waals surface area contributed by atoms with Crippen LogP contribution in [-0.4, -0.2) is 23.8 Å². The Morgan fingerprint density at radius 2 is 1.97 bits per heavy atom. The summed E-state index contributed by atoms with van der Waals surface area (Å²) in [6.45, 7) is 0.0341. The van der Waals surface area contributed by atoms with Crippen molar-refractivity contribution in [1.82, 2.24) is 4.98 Å². The predicted molar refractivity (Wildman–Crippen MR) is 108 cm³/mol. The number of para-hydroxylation sites is 1. The maximum absolute atomic E-state index is 11.2. The summed E-state index contributed by atoms with van der Waals surface area (Å²) in [4.78, 5) is 15.0. The molecule has 0 amide bonds. The molecule has 1 heterocycles. The lowest BCUT2D eigenvalue weighted by Gasteiger charge is -2.14. The number of ether oxygens (including phenoxy) is 2. The fourth-order valence-corrected chi connectivity index (χ4v) is 3.01. The topological polar surface area (TPSA) is 124 Å². The smallest absolute Gasteiger partial charge is 0.270 e. The van der Waals surface area contributed by atoms with Crippen molar-refractivity contribution < 1.29 is 14.4 Å². The molecular weight excluding hydrogens is 396 g/mol. The summed E-state index contributed by atoms with van der Waals surface area (Å²) in [5, 5.41) is 21.0. The summed E-state index contributed by atoms with van der Waals surface area (Å²) in [6, 6.07) is 14.7. The number of benzene rings is 2. The number of nitriles is 1. The maximum atomic E-state index is 11.2. The van der Waals surface area contributed by atoms with Gasteiger partial charge in [0.15, 0.2) is 6.79 Å². The van der Waals surface area contributed by atoms with E-state index < -0.39 is 4.92 Å². The van der Waals surface area contributed by atoms with E-state index in [0.29, 0.717) is 28.1 Å². The van der Waals surface area contributed by atoms with Gasteiger partial charge in [0.2, 0.25) is 0 Å². The van der Waals surface area contributed by atoms with Gasteiger partial charge in [0.1, 0.15) is 23.2 Å². The van der Waals surface area contributed by atoms with E-state index in [1.807, 2.05) is 6.07 Å². The average Bonchev–Trinajstić information content (AvgIpc) is 2.72. The molecule has 2 N–H and O–H groups in total. The van der Waals surface area contributed by atoms with Gasteiger partial charge in [-0.25, -0.2) is 4.98 Å². The van der Waals surface area contributed by atoms with E-state index in [2.05, 4.69) is 4.98 Å². The van der Waals surface area contributed by atoms with Crippen LogP contribution in [0.25, 0.3) is 22.4 Å². The molecule has 1 aromatic heterocycles. The molecule has 0 atom stereocenters. The number of anilines is 1. The highest BCUT2D eigenvalue weighted by atomic mass is 35.5. The minimum Gasteiger partial charge on any atom is -0.467 e. The predicted octanol–water partition coefficient (Wildman–Crippen LogP) is 4.41. The van der Waals surface area contributed by atoms with Gasteiger partial charge in [-0.2, -0.15) is 5.26 Å². The molecule has 0 bridgehead atoms. The lowest BCUT2D eigenvalue weighted by Crippen LogP contribution is -2.03. The lowest BCUT2D eigenvalue weighted by atomic mass is 9.97. The number of methoxy groups -OCH3 is 1.